The van der Waals surface area contributed by atoms with E-state index in [2.05, 4.69) is 10.6 Å². The number of nitrogens with one attached hydrogen (secondary N) is 2. The van der Waals surface area contributed by atoms with Crippen LogP contribution in [0.3, 0.4) is 0 Å². The van der Waals surface area contributed by atoms with Crippen molar-refractivity contribution in [2.45, 2.75) is 20.8 Å². The number of hydrogen-bond acceptors (Lipinski definition) is 3. The SMILES string of the molecule is CC(C)(C)C(=O)Nc1ccccc1NC(=O)/C=C\c1ccc([O-])cc1. The number of carbonyl (C=O) groups is 2. The Balaban J connectivity index is 2.08. The molecule has 2 aromatic rings. The number of amides is 2. The van der Waals surface area contributed by atoms with Crippen molar-refractivity contribution in [1.29, 1.82) is 0 Å². The van der Waals surface area contributed by atoms with Crippen molar-refractivity contribution in [3.05, 3.63) is 60.2 Å². The lowest BCUT2D eigenvalue weighted by Crippen LogP contribution is -2.28. The molecule has 0 radical (unpaired) electrons. The molecule has 2 rings (SSSR count). The summed E-state index contributed by atoms with van der Waals surface area (Å²) < 4.78 is 0. The zero-order valence-corrected chi connectivity index (χ0v) is 14.5. The molecule has 5 nitrogen and oxygen atoms in total. The highest BCUT2D eigenvalue weighted by Gasteiger charge is 2.22. The molecule has 2 N–H and O–H groups in total. The van der Waals surface area contributed by atoms with Crippen LogP contribution in [0.2, 0.25) is 0 Å². The van der Waals surface area contributed by atoms with Gasteiger partial charge in [0.15, 0.2) is 0 Å². The Morgan fingerprint density at radius 1 is 0.920 bits per heavy atom. The van der Waals surface area contributed by atoms with Gasteiger partial charge in [0.2, 0.25) is 11.8 Å². The van der Waals surface area contributed by atoms with Crippen LogP contribution in [0.15, 0.2) is 54.6 Å². The zero-order valence-electron chi connectivity index (χ0n) is 14.5. The molecule has 0 aromatic heterocycles. The summed E-state index contributed by atoms with van der Waals surface area (Å²) in [6.07, 6.45) is 2.99. The van der Waals surface area contributed by atoms with Crippen molar-refractivity contribution in [2.75, 3.05) is 10.6 Å². The van der Waals surface area contributed by atoms with E-state index in [9.17, 15) is 14.7 Å². The lowest BCUT2D eigenvalue weighted by Gasteiger charge is -2.19. The normalized spacial score (nSPS) is 11.3. The molecule has 0 saturated carbocycles. The van der Waals surface area contributed by atoms with E-state index in [-0.39, 0.29) is 17.6 Å². The number of anilines is 2. The van der Waals surface area contributed by atoms with E-state index in [1.165, 1.54) is 18.2 Å². The second-order valence-electron chi connectivity index (χ2n) is 6.64. The van der Waals surface area contributed by atoms with Crippen LogP contribution >= 0.6 is 0 Å². The molecule has 0 fully saturated rings. The fourth-order valence-corrected chi connectivity index (χ4v) is 1.94. The monoisotopic (exact) mass is 337 g/mol. The molecular weight excluding hydrogens is 316 g/mol. The van der Waals surface area contributed by atoms with Gasteiger partial charge in [0.25, 0.3) is 0 Å². The van der Waals surface area contributed by atoms with Crippen LogP contribution in [-0.4, -0.2) is 11.8 Å². The molecule has 5 heteroatoms. The van der Waals surface area contributed by atoms with Crippen molar-refractivity contribution in [1.82, 2.24) is 0 Å². The smallest absolute Gasteiger partial charge is 0.248 e. The van der Waals surface area contributed by atoms with Gasteiger partial charge >= 0.3 is 0 Å². The molecule has 2 aromatic carbocycles. The Hall–Kier alpha value is -3.08. The minimum atomic E-state index is -0.537. The van der Waals surface area contributed by atoms with Gasteiger partial charge in [0, 0.05) is 11.5 Å². The Morgan fingerprint density at radius 3 is 2.04 bits per heavy atom. The van der Waals surface area contributed by atoms with Gasteiger partial charge in [-0.05, 0) is 23.8 Å². The molecule has 130 valence electrons. The molecule has 2 amide bonds. The first-order valence-electron chi connectivity index (χ1n) is 7.92. The van der Waals surface area contributed by atoms with Gasteiger partial charge in [0.1, 0.15) is 0 Å². The first-order chi connectivity index (χ1) is 11.8. The van der Waals surface area contributed by atoms with Crippen LogP contribution in [0, 0.1) is 5.41 Å². The molecule has 0 aliphatic rings. The summed E-state index contributed by atoms with van der Waals surface area (Å²) in [5.74, 6) is -0.545. The lowest BCUT2D eigenvalue weighted by molar-refractivity contribution is -0.268. The first kappa shape index (κ1) is 18.3. The molecule has 0 bridgehead atoms. The second kappa shape index (κ2) is 7.66. The fraction of sp³-hybridized carbons (Fsp3) is 0.200. The van der Waals surface area contributed by atoms with Crippen LogP contribution < -0.4 is 15.7 Å². The molecular formula is C20H21N2O3-. The number of benzene rings is 2. The highest BCUT2D eigenvalue weighted by atomic mass is 16.3. The lowest BCUT2D eigenvalue weighted by atomic mass is 9.95. The van der Waals surface area contributed by atoms with Gasteiger partial charge in [-0.3, -0.25) is 9.59 Å². The van der Waals surface area contributed by atoms with Crippen molar-refractivity contribution >= 4 is 29.3 Å². The van der Waals surface area contributed by atoms with E-state index in [1.54, 1.807) is 42.5 Å². The van der Waals surface area contributed by atoms with Gasteiger partial charge in [0.05, 0.1) is 11.4 Å². The summed E-state index contributed by atoms with van der Waals surface area (Å²) in [5, 5.41) is 16.6. The molecule has 0 unspecified atom stereocenters. The number of para-hydroxylation sites is 2. The number of carbonyl (C=O) groups excluding carboxylic acids is 2. The van der Waals surface area contributed by atoms with Crippen molar-refractivity contribution in [3.8, 4) is 5.75 Å². The second-order valence-corrected chi connectivity index (χ2v) is 6.64. The summed E-state index contributed by atoms with van der Waals surface area (Å²) in [4.78, 5) is 24.3. The van der Waals surface area contributed by atoms with Crippen LogP contribution in [0.4, 0.5) is 11.4 Å². The predicted molar refractivity (Wildman–Crippen MR) is 98.1 cm³/mol. The molecule has 0 saturated heterocycles. The quantitative estimate of drug-likeness (QED) is 0.839. The third-order valence-electron chi connectivity index (χ3n) is 3.42. The van der Waals surface area contributed by atoms with Gasteiger partial charge in [-0.25, -0.2) is 0 Å². The maximum Gasteiger partial charge on any atom is 0.248 e. The summed E-state index contributed by atoms with van der Waals surface area (Å²) >= 11 is 0. The van der Waals surface area contributed by atoms with E-state index in [4.69, 9.17) is 0 Å². The fourth-order valence-electron chi connectivity index (χ4n) is 1.94. The number of rotatable bonds is 4. The average Bonchev–Trinajstić information content (AvgIpc) is 2.55. The van der Waals surface area contributed by atoms with Gasteiger partial charge < -0.3 is 15.7 Å². The van der Waals surface area contributed by atoms with E-state index in [0.29, 0.717) is 11.4 Å². The molecule has 0 heterocycles. The van der Waals surface area contributed by atoms with Gasteiger partial charge in [-0.2, -0.15) is 0 Å². The average molecular weight is 337 g/mol. The maximum atomic E-state index is 12.1. The Labute approximate surface area is 147 Å². The molecule has 25 heavy (non-hydrogen) atoms. The standard InChI is InChI=1S/C20H22N2O3/c1-20(2,3)19(25)22-17-7-5-4-6-16(17)21-18(24)13-10-14-8-11-15(23)12-9-14/h4-13,23H,1-3H3,(H,21,24)(H,22,25)/p-1/b13-10-. The zero-order chi connectivity index (χ0) is 18.4. The maximum absolute atomic E-state index is 12.1. The topological polar surface area (TPSA) is 81.3 Å². The number of hydrogen-bond donors (Lipinski definition) is 2. The van der Waals surface area contributed by atoms with Crippen molar-refractivity contribution in [3.63, 3.8) is 0 Å². The molecule has 0 atom stereocenters. The van der Waals surface area contributed by atoms with Crippen molar-refractivity contribution in [2.24, 2.45) is 5.41 Å². The summed E-state index contributed by atoms with van der Waals surface area (Å²) in [7, 11) is 0. The highest BCUT2D eigenvalue weighted by Crippen LogP contribution is 2.24. The highest BCUT2D eigenvalue weighted by molar-refractivity contribution is 6.06. The summed E-state index contributed by atoms with van der Waals surface area (Å²) in [6.45, 7) is 5.46. The minimum absolute atomic E-state index is 0.0786. The van der Waals surface area contributed by atoms with Gasteiger partial charge in [-0.1, -0.05) is 57.2 Å². The van der Waals surface area contributed by atoms with Crippen LogP contribution in [0.25, 0.3) is 6.08 Å². The Bertz CT molecular complexity index is 787. The first-order valence-corrected chi connectivity index (χ1v) is 7.92. The van der Waals surface area contributed by atoms with E-state index in [1.807, 2.05) is 20.8 Å². The van der Waals surface area contributed by atoms with Crippen LogP contribution in [-0.2, 0) is 9.59 Å². The van der Waals surface area contributed by atoms with Crippen LogP contribution in [0.1, 0.15) is 26.3 Å². The van der Waals surface area contributed by atoms with Gasteiger partial charge in [-0.15, -0.1) is 5.75 Å². The van der Waals surface area contributed by atoms with E-state index >= 15 is 0 Å². The Kier molecular flexibility index (Phi) is 5.60. The third kappa shape index (κ3) is 5.49. The minimum Gasteiger partial charge on any atom is -0.872 e. The van der Waals surface area contributed by atoms with Crippen molar-refractivity contribution < 1.29 is 14.7 Å². The molecule has 0 aliphatic heterocycles. The largest absolute Gasteiger partial charge is 0.872 e. The summed E-state index contributed by atoms with van der Waals surface area (Å²) in [5.41, 5.74) is 1.28. The molecule has 0 aliphatic carbocycles. The Morgan fingerprint density at radius 2 is 1.48 bits per heavy atom. The van der Waals surface area contributed by atoms with E-state index in [0.717, 1.165) is 5.56 Å². The molecule has 0 spiro atoms. The predicted octanol–water partition coefficient (Wildman–Crippen LogP) is 3.40. The third-order valence-corrected chi connectivity index (χ3v) is 3.42. The van der Waals surface area contributed by atoms with E-state index < -0.39 is 5.41 Å². The van der Waals surface area contributed by atoms with Crippen LogP contribution in [0.5, 0.6) is 5.75 Å². The summed E-state index contributed by atoms with van der Waals surface area (Å²) in [6, 6.07) is 13.2.